The molecule has 3 rings (SSSR count). The largest absolute Gasteiger partial charge is 0.493 e. The third-order valence-corrected chi connectivity index (χ3v) is 5.64. The van der Waals surface area contributed by atoms with Gasteiger partial charge in [-0.2, -0.15) is 0 Å². The first kappa shape index (κ1) is 21.1. The van der Waals surface area contributed by atoms with Crippen molar-refractivity contribution in [3.05, 3.63) is 58.1 Å². The standard InChI is InChI=1S/C21H23BrN2O5/c1-27-17-8-3-14(13-18(17)28-2)19(25)23-24-20(26)21(9-11-29-12-10-21)15-4-6-16(22)7-5-15/h3-8,13H,9-12H2,1-2H3,(H,23,25)(H,24,26). The molecule has 2 amide bonds. The van der Waals surface area contributed by atoms with Gasteiger partial charge in [0.1, 0.15) is 0 Å². The molecular weight excluding hydrogens is 440 g/mol. The Morgan fingerprint density at radius 1 is 0.966 bits per heavy atom. The molecule has 0 unspecified atom stereocenters. The molecule has 1 aliphatic heterocycles. The maximum Gasteiger partial charge on any atom is 0.269 e. The van der Waals surface area contributed by atoms with Gasteiger partial charge in [0, 0.05) is 23.2 Å². The van der Waals surface area contributed by atoms with Crippen LogP contribution in [0.25, 0.3) is 0 Å². The Bertz CT molecular complexity index is 879. The Hall–Kier alpha value is -2.58. The molecule has 8 heteroatoms. The number of hydrogen-bond acceptors (Lipinski definition) is 5. The highest BCUT2D eigenvalue weighted by Crippen LogP contribution is 2.35. The number of carbonyl (C=O) groups is 2. The summed E-state index contributed by atoms with van der Waals surface area (Å²) < 4.78 is 16.8. The van der Waals surface area contributed by atoms with E-state index in [2.05, 4.69) is 26.8 Å². The Labute approximate surface area is 177 Å². The molecule has 7 nitrogen and oxygen atoms in total. The highest BCUT2D eigenvalue weighted by Gasteiger charge is 2.42. The van der Waals surface area contributed by atoms with E-state index in [0.717, 1.165) is 10.0 Å². The van der Waals surface area contributed by atoms with E-state index in [9.17, 15) is 9.59 Å². The van der Waals surface area contributed by atoms with Crippen LogP contribution in [0.3, 0.4) is 0 Å². The van der Waals surface area contributed by atoms with E-state index >= 15 is 0 Å². The summed E-state index contributed by atoms with van der Waals surface area (Å²) in [6, 6.07) is 12.4. The summed E-state index contributed by atoms with van der Waals surface area (Å²) in [5, 5.41) is 0. The van der Waals surface area contributed by atoms with Crippen LogP contribution >= 0.6 is 15.9 Å². The Morgan fingerprint density at radius 3 is 2.24 bits per heavy atom. The second kappa shape index (κ2) is 9.28. The second-order valence-electron chi connectivity index (χ2n) is 6.68. The highest BCUT2D eigenvalue weighted by molar-refractivity contribution is 9.10. The molecule has 29 heavy (non-hydrogen) atoms. The smallest absolute Gasteiger partial charge is 0.269 e. The lowest BCUT2D eigenvalue weighted by atomic mass is 9.73. The molecule has 1 heterocycles. The highest BCUT2D eigenvalue weighted by atomic mass is 79.9. The van der Waals surface area contributed by atoms with Crippen molar-refractivity contribution < 1.29 is 23.8 Å². The molecule has 1 aliphatic rings. The van der Waals surface area contributed by atoms with Gasteiger partial charge in [0.05, 0.1) is 19.6 Å². The zero-order valence-corrected chi connectivity index (χ0v) is 17.9. The third kappa shape index (κ3) is 4.54. The van der Waals surface area contributed by atoms with Crippen molar-refractivity contribution in [2.24, 2.45) is 0 Å². The number of rotatable bonds is 5. The number of nitrogens with one attached hydrogen (secondary N) is 2. The van der Waals surface area contributed by atoms with Crippen molar-refractivity contribution in [1.29, 1.82) is 0 Å². The van der Waals surface area contributed by atoms with Crippen LogP contribution < -0.4 is 20.3 Å². The average Bonchev–Trinajstić information content (AvgIpc) is 2.77. The first-order valence-electron chi connectivity index (χ1n) is 9.17. The van der Waals surface area contributed by atoms with Gasteiger partial charge in [0.25, 0.3) is 5.91 Å². The fourth-order valence-corrected chi connectivity index (χ4v) is 3.68. The van der Waals surface area contributed by atoms with Crippen LogP contribution in [0, 0.1) is 0 Å². The molecule has 0 atom stereocenters. The zero-order valence-electron chi connectivity index (χ0n) is 16.3. The van der Waals surface area contributed by atoms with E-state index in [1.54, 1.807) is 18.2 Å². The van der Waals surface area contributed by atoms with E-state index in [1.165, 1.54) is 14.2 Å². The van der Waals surface area contributed by atoms with Gasteiger partial charge in [-0.1, -0.05) is 28.1 Å². The van der Waals surface area contributed by atoms with E-state index in [-0.39, 0.29) is 5.91 Å². The number of benzene rings is 2. The summed E-state index contributed by atoms with van der Waals surface area (Å²) in [5.41, 5.74) is 5.57. The summed E-state index contributed by atoms with van der Waals surface area (Å²) in [6.07, 6.45) is 1.07. The lowest BCUT2D eigenvalue weighted by Crippen LogP contribution is -2.53. The number of halogens is 1. The molecule has 2 N–H and O–H groups in total. The van der Waals surface area contributed by atoms with Gasteiger partial charge in [-0.15, -0.1) is 0 Å². The summed E-state index contributed by atoms with van der Waals surface area (Å²) in [5.74, 6) is 0.237. The van der Waals surface area contributed by atoms with Crippen LogP contribution in [-0.2, 0) is 14.9 Å². The van der Waals surface area contributed by atoms with Crippen molar-refractivity contribution >= 4 is 27.7 Å². The minimum absolute atomic E-state index is 0.267. The SMILES string of the molecule is COc1ccc(C(=O)NNC(=O)C2(c3ccc(Br)cc3)CCOCC2)cc1OC. The molecule has 0 radical (unpaired) electrons. The van der Waals surface area contributed by atoms with Gasteiger partial charge in [-0.05, 0) is 48.7 Å². The summed E-state index contributed by atoms with van der Waals surface area (Å²) in [7, 11) is 3.02. The maximum absolute atomic E-state index is 13.1. The predicted octanol–water partition coefficient (Wildman–Crippen LogP) is 2.98. The van der Waals surface area contributed by atoms with Crippen LogP contribution in [0.15, 0.2) is 46.9 Å². The minimum atomic E-state index is -0.760. The lowest BCUT2D eigenvalue weighted by molar-refractivity contribution is -0.131. The van der Waals surface area contributed by atoms with Gasteiger partial charge < -0.3 is 14.2 Å². The fourth-order valence-electron chi connectivity index (χ4n) is 3.42. The molecule has 1 saturated heterocycles. The Kier molecular flexibility index (Phi) is 6.76. The van der Waals surface area contributed by atoms with E-state index in [0.29, 0.717) is 43.1 Å². The van der Waals surface area contributed by atoms with Gasteiger partial charge in [-0.25, -0.2) is 0 Å². The Morgan fingerprint density at radius 2 is 1.62 bits per heavy atom. The quantitative estimate of drug-likeness (QED) is 0.667. The van der Waals surface area contributed by atoms with Gasteiger partial charge in [-0.3, -0.25) is 20.4 Å². The van der Waals surface area contributed by atoms with Crippen molar-refractivity contribution in [1.82, 2.24) is 10.9 Å². The number of carbonyl (C=O) groups excluding carboxylic acids is 2. The normalized spacial score (nSPS) is 15.3. The number of ether oxygens (including phenoxy) is 3. The summed E-state index contributed by atoms with van der Waals surface area (Å²) in [6.45, 7) is 0.959. The molecule has 0 bridgehead atoms. The van der Waals surface area contributed by atoms with Crippen molar-refractivity contribution in [3.63, 3.8) is 0 Å². The lowest BCUT2D eigenvalue weighted by Gasteiger charge is -2.36. The van der Waals surface area contributed by atoms with Crippen molar-refractivity contribution in [2.75, 3.05) is 27.4 Å². The molecule has 1 fully saturated rings. The average molecular weight is 463 g/mol. The zero-order chi connectivity index (χ0) is 20.9. The molecule has 154 valence electrons. The van der Waals surface area contributed by atoms with Crippen LogP contribution in [0.5, 0.6) is 11.5 Å². The van der Waals surface area contributed by atoms with Crippen LogP contribution in [-0.4, -0.2) is 39.2 Å². The van der Waals surface area contributed by atoms with Crippen molar-refractivity contribution in [3.8, 4) is 11.5 Å². The number of hydrazine groups is 1. The predicted molar refractivity (Wildman–Crippen MR) is 111 cm³/mol. The molecule has 0 saturated carbocycles. The number of amides is 2. The summed E-state index contributed by atoms with van der Waals surface area (Å²) >= 11 is 3.42. The fraction of sp³-hybridized carbons (Fsp3) is 0.333. The molecule has 0 spiro atoms. The summed E-state index contributed by atoms with van der Waals surface area (Å²) in [4.78, 5) is 25.7. The van der Waals surface area contributed by atoms with Crippen LogP contribution in [0.1, 0.15) is 28.8 Å². The molecular formula is C21H23BrN2O5. The monoisotopic (exact) mass is 462 g/mol. The van der Waals surface area contributed by atoms with Gasteiger partial charge >= 0.3 is 0 Å². The first-order valence-corrected chi connectivity index (χ1v) is 9.96. The first-order chi connectivity index (χ1) is 14.0. The third-order valence-electron chi connectivity index (χ3n) is 5.11. The maximum atomic E-state index is 13.1. The molecule has 2 aromatic rings. The topological polar surface area (TPSA) is 85.9 Å². The van der Waals surface area contributed by atoms with Gasteiger partial charge in [0.15, 0.2) is 11.5 Å². The van der Waals surface area contributed by atoms with Crippen LogP contribution in [0.2, 0.25) is 0 Å². The molecule has 0 aromatic heterocycles. The Balaban J connectivity index is 1.75. The molecule has 2 aromatic carbocycles. The second-order valence-corrected chi connectivity index (χ2v) is 7.60. The van der Waals surface area contributed by atoms with E-state index in [4.69, 9.17) is 14.2 Å². The number of hydrogen-bond donors (Lipinski definition) is 2. The van der Waals surface area contributed by atoms with E-state index in [1.807, 2.05) is 24.3 Å². The van der Waals surface area contributed by atoms with Crippen LogP contribution in [0.4, 0.5) is 0 Å². The molecule has 0 aliphatic carbocycles. The number of methoxy groups -OCH3 is 2. The van der Waals surface area contributed by atoms with Gasteiger partial charge in [0.2, 0.25) is 5.91 Å². The van der Waals surface area contributed by atoms with Crippen molar-refractivity contribution in [2.45, 2.75) is 18.3 Å². The van der Waals surface area contributed by atoms with E-state index < -0.39 is 11.3 Å². The minimum Gasteiger partial charge on any atom is -0.493 e.